The first-order chi connectivity index (χ1) is 9.51. The average molecular weight is 277 g/mol. The molecule has 0 bridgehead atoms. The van der Waals surface area contributed by atoms with Crippen LogP contribution in [0.2, 0.25) is 0 Å². The number of aryl methyl sites for hydroxylation is 2. The third kappa shape index (κ3) is 3.23. The number of nitrogens with zero attached hydrogens (tertiary/aromatic N) is 5. The van der Waals surface area contributed by atoms with Gasteiger partial charge in [0, 0.05) is 20.0 Å². The molecule has 2 heterocycles. The van der Waals surface area contributed by atoms with Crippen LogP contribution in [0.25, 0.3) is 0 Å². The lowest BCUT2D eigenvalue weighted by Crippen LogP contribution is -2.32. The second kappa shape index (κ2) is 6.15. The Morgan fingerprint density at radius 3 is 2.70 bits per heavy atom. The Hall–Kier alpha value is -1.73. The topological polar surface area (TPSA) is 86.6 Å². The molecule has 0 spiro atoms. The lowest BCUT2D eigenvalue weighted by atomic mass is 10.1. The zero-order valence-electron chi connectivity index (χ0n) is 12.5. The van der Waals surface area contributed by atoms with E-state index in [9.17, 15) is 0 Å². The number of hydrazine groups is 1. The largest absolute Gasteiger partial charge is 0.271 e. The van der Waals surface area contributed by atoms with Crippen molar-refractivity contribution in [3.63, 3.8) is 0 Å². The molecule has 0 aliphatic heterocycles. The molecular weight excluding hydrogens is 254 g/mol. The molecule has 0 aliphatic rings. The molecule has 1 atom stereocenters. The molecule has 2 rings (SSSR count). The minimum atomic E-state index is -0.0312. The standard InChI is InChI=1S/C13H23N7/c1-9(2)7-20-13(15-8-16-20)6-11(17-14)12-5-10(3)18-19(12)4/h5,8-9,11,17H,6-7,14H2,1-4H3. The quantitative estimate of drug-likeness (QED) is 0.600. The van der Waals surface area contributed by atoms with Gasteiger partial charge in [-0.25, -0.2) is 9.67 Å². The monoisotopic (exact) mass is 277 g/mol. The van der Waals surface area contributed by atoms with Crippen LogP contribution in [0.5, 0.6) is 0 Å². The van der Waals surface area contributed by atoms with E-state index >= 15 is 0 Å². The van der Waals surface area contributed by atoms with Gasteiger partial charge in [0.25, 0.3) is 0 Å². The summed E-state index contributed by atoms with van der Waals surface area (Å²) in [5, 5.41) is 8.64. The van der Waals surface area contributed by atoms with E-state index in [4.69, 9.17) is 5.84 Å². The Balaban J connectivity index is 2.18. The maximum absolute atomic E-state index is 5.70. The van der Waals surface area contributed by atoms with Gasteiger partial charge in [0.15, 0.2) is 0 Å². The summed E-state index contributed by atoms with van der Waals surface area (Å²) in [5.41, 5.74) is 4.87. The van der Waals surface area contributed by atoms with Crippen LogP contribution in [0.1, 0.15) is 37.1 Å². The number of hydrogen-bond acceptors (Lipinski definition) is 5. The van der Waals surface area contributed by atoms with Gasteiger partial charge in [-0.15, -0.1) is 0 Å². The van der Waals surface area contributed by atoms with Gasteiger partial charge >= 0.3 is 0 Å². The molecule has 20 heavy (non-hydrogen) atoms. The van der Waals surface area contributed by atoms with Crippen molar-refractivity contribution in [2.75, 3.05) is 0 Å². The molecule has 7 heteroatoms. The van der Waals surface area contributed by atoms with Crippen LogP contribution in [0.3, 0.4) is 0 Å². The minimum Gasteiger partial charge on any atom is -0.271 e. The van der Waals surface area contributed by atoms with Gasteiger partial charge in [0.1, 0.15) is 12.2 Å². The van der Waals surface area contributed by atoms with Gasteiger partial charge in [0.2, 0.25) is 0 Å². The van der Waals surface area contributed by atoms with Crippen LogP contribution in [0.15, 0.2) is 12.4 Å². The molecule has 2 aromatic heterocycles. The van der Waals surface area contributed by atoms with E-state index in [-0.39, 0.29) is 6.04 Å². The maximum Gasteiger partial charge on any atom is 0.138 e. The van der Waals surface area contributed by atoms with Crippen LogP contribution in [-0.4, -0.2) is 24.5 Å². The van der Waals surface area contributed by atoms with Crippen LogP contribution >= 0.6 is 0 Å². The van der Waals surface area contributed by atoms with Gasteiger partial charge in [-0.05, 0) is 18.9 Å². The third-order valence-corrected chi connectivity index (χ3v) is 3.22. The van der Waals surface area contributed by atoms with Crippen molar-refractivity contribution in [3.8, 4) is 0 Å². The van der Waals surface area contributed by atoms with Crippen LogP contribution in [0.4, 0.5) is 0 Å². The summed E-state index contributed by atoms with van der Waals surface area (Å²) < 4.78 is 3.79. The molecule has 0 saturated heterocycles. The van der Waals surface area contributed by atoms with Crippen molar-refractivity contribution in [3.05, 3.63) is 29.6 Å². The molecule has 0 aliphatic carbocycles. The number of nitrogens with one attached hydrogen (secondary N) is 1. The smallest absolute Gasteiger partial charge is 0.138 e. The highest BCUT2D eigenvalue weighted by Crippen LogP contribution is 2.17. The number of aromatic nitrogens is 5. The Morgan fingerprint density at radius 1 is 1.40 bits per heavy atom. The SMILES string of the molecule is Cc1cc(C(Cc2ncnn2CC(C)C)NN)n(C)n1. The first kappa shape index (κ1) is 14.7. The summed E-state index contributed by atoms with van der Waals surface area (Å²) >= 11 is 0. The van der Waals surface area contributed by atoms with Crippen molar-refractivity contribution >= 4 is 0 Å². The number of hydrogen-bond donors (Lipinski definition) is 2. The van der Waals surface area contributed by atoms with Gasteiger partial charge in [0.05, 0.1) is 17.4 Å². The van der Waals surface area contributed by atoms with E-state index in [1.165, 1.54) is 0 Å². The predicted octanol–water partition coefficient (Wildman–Crippen LogP) is 0.723. The first-order valence-corrected chi connectivity index (χ1v) is 6.84. The van der Waals surface area contributed by atoms with Crippen molar-refractivity contribution in [1.82, 2.24) is 30.0 Å². The van der Waals surface area contributed by atoms with E-state index in [1.807, 2.05) is 29.4 Å². The zero-order chi connectivity index (χ0) is 14.7. The zero-order valence-corrected chi connectivity index (χ0v) is 12.5. The molecule has 0 aromatic carbocycles. The lowest BCUT2D eigenvalue weighted by Gasteiger charge is -2.16. The highest BCUT2D eigenvalue weighted by atomic mass is 15.3. The fraction of sp³-hybridized carbons (Fsp3) is 0.615. The Labute approximate surface area is 119 Å². The highest BCUT2D eigenvalue weighted by molar-refractivity contribution is 5.14. The maximum atomic E-state index is 5.70. The first-order valence-electron chi connectivity index (χ1n) is 6.84. The number of rotatable bonds is 6. The molecule has 7 nitrogen and oxygen atoms in total. The highest BCUT2D eigenvalue weighted by Gasteiger charge is 2.18. The van der Waals surface area contributed by atoms with Gasteiger partial charge < -0.3 is 0 Å². The minimum absolute atomic E-state index is 0.0312. The second-order valence-electron chi connectivity index (χ2n) is 5.51. The van der Waals surface area contributed by atoms with Crippen LogP contribution in [0, 0.1) is 12.8 Å². The molecule has 110 valence electrons. The summed E-state index contributed by atoms with van der Waals surface area (Å²) in [5.74, 6) is 7.16. The second-order valence-corrected chi connectivity index (χ2v) is 5.51. The van der Waals surface area contributed by atoms with E-state index in [0.29, 0.717) is 12.3 Å². The summed E-state index contributed by atoms with van der Waals surface area (Å²) in [6, 6.07) is 2.00. The molecule has 1 unspecified atom stereocenters. The molecule has 0 saturated carbocycles. The Bertz CT molecular complexity index is 555. The lowest BCUT2D eigenvalue weighted by molar-refractivity contribution is 0.438. The molecule has 0 radical (unpaired) electrons. The van der Waals surface area contributed by atoms with Crippen molar-refractivity contribution in [1.29, 1.82) is 0 Å². The summed E-state index contributed by atoms with van der Waals surface area (Å²) in [6.07, 6.45) is 2.28. The summed E-state index contributed by atoms with van der Waals surface area (Å²) in [4.78, 5) is 4.35. The molecular formula is C13H23N7. The Kier molecular flexibility index (Phi) is 4.51. The van der Waals surface area contributed by atoms with Crippen LogP contribution < -0.4 is 11.3 Å². The van der Waals surface area contributed by atoms with Gasteiger partial charge in [-0.3, -0.25) is 16.0 Å². The fourth-order valence-electron chi connectivity index (χ4n) is 2.33. The molecule has 0 amide bonds. The number of nitrogens with two attached hydrogens (primary N) is 1. The predicted molar refractivity (Wildman–Crippen MR) is 76.6 cm³/mol. The normalized spacial score (nSPS) is 13.1. The van der Waals surface area contributed by atoms with Crippen LogP contribution in [-0.2, 0) is 20.0 Å². The fourth-order valence-corrected chi connectivity index (χ4v) is 2.33. The summed E-state index contributed by atoms with van der Waals surface area (Å²) in [7, 11) is 1.92. The third-order valence-electron chi connectivity index (χ3n) is 3.22. The van der Waals surface area contributed by atoms with E-state index in [2.05, 4.69) is 34.5 Å². The Morgan fingerprint density at radius 2 is 2.15 bits per heavy atom. The average Bonchev–Trinajstić information content (AvgIpc) is 2.92. The molecule has 0 fully saturated rings. The summed E-state index contributed by atoms with van der Waals surface area (Å²) in [6.45, 7) is 7.15. The van der Waals surface area contributed by atoms with Crippen molar-refractivity contribution in [2.24, 2.45) is 18.8 Å². The van der Waals surface area contributed by atoms with E-state index in [0.717, 1.165) is 23.8 Å². The van der Waals surface area contributed by atoms with E-state index < -0.39 is 0 Å². The van der Waals surface area contributed by atoms with Gasteiger partial charge in [-0.2, -0.15) is 10.2 Å². The van der Waals surface area contributed by atoms with Crippen molar-refractivity contribution < 1.29 is 0 Å². The van der Waals surface area contributed by atoms with Gasteiger partial charge in [-0.1, -0.05) is 13.8 Å². The van der Waals surface area contributed by atoms with E-state index in [1.54, 1.807) is 6.33 Å². The van der Waals surface area contributed by atoms with Crippen molar-refractivity contribution in [2.45, 2.75) is 39.8 Å². The molecule has 3 N–H and O–H groups in total. The molecule has 2 aromatic rings.